The van der Waals surface area contributed by atoms with Gasteiger partial charge in [-0.15, -0.1) is 0 Å². The van der Waals surface area contributed by atoms with Gasteiger partial charge in [-0.3, -0.25) is 4.79 Å². The number of nitrogens with one attached hydrogen (secondary N) is 2. The van der Waals surface area contributed by atoms with E-state index in [9.17, 15) is 17.6 Å². The molecule has 1 amide bonds. The summed E-state index contributed by atoms with van der Waals surface area (Å²) < 4.78 is 36.6. The van der Waals surface area contributed by atoms with Crippen molar-refractivity contribution in [3.05, 3.63) is 24.0 Å². The van der Waals surface area contributed by atoms with E-state index in [1.165, 1.54) is 6.07 Å². The molecule has 0 bridgehead atoms. The zero-order valence-corrected chi connectivity index (χ0v) is 12.2. The van der Waals surface area contributed by atoms with Gasteiger partial charge in [0.25, 0.3) is 0 Å². The second kappa shape index (κ2) is 5.14. The van der Waals surface area contributed by atoms with E-state index in [0.29, 0.717) is 6.42 Å². The first-order valence-corrected chi connectivity index (χ1v) is 8.18. The lowest BCUT2D eigenvalue weighted by molar-refractivity contribution is -0.121. The predicted molar refractivity (Wildman–Crippen MR) is 73.8 cm³/mol. The van der Waals surface area contributed by atoms with Crippen molar-refractivity contribution in [2.45, 2.75) is 30.2 Å². The molecule has 1 aliphatic heterocycles. The quantitative estimate of drug-likeness (QED) is 0.825. The van der Waals surface area contributed by atoms with Crippen molar-refractivity contribution in [3.8, 4) is 0 Å². The SMILES string of the molecule is CC1(C(=O)Nc2cc(S(C)(=O)=O)ccc2F)CCCN1. The molecule has 0 radical (unpaired) electrons. The smallest absolute Gasteiger partial charge is 0.244 e. The third kappa shape index (κ3) is 2.99. The van der Waals surface area contributed by atoms with Gasteiger partial charge >= 0.3 is 0 Å². The summed E-state index contributed by atoms with van der Waals surface area (Å²) in [5.41, 5.74) is -0.860. The molecule has 1 saturated heterocycles. The van der Waals surface area contributed by atoms with Gasteiger partial charge in [0, 0.05) is 6.26 Å². The van der Waals surface area contributed by atoms with Crippen LogP contribution in [0.1, 0.15) is 19.8 Å². The molecule has 7 heteroatoms. The Morgan fingerprint density at radius 3 is 2.70 bits per heavy atom. The zero-order chi connectivity index (χ0) is 15.0. The second-order valence-corrected chi connectivity index (χ2v) is 7.25. The Morgan fingerprint density at radius 1 is 1.45 bits per heavy atom. The summed E-state index contributed by atoms with van der Waals surface area (Å²) in [5, 5.41) is 5.53. The first kappa shape index (κ1) is 14.9. The number of benzene rings is 1. The molecular weight excluding hydrogens is 283 g/mol. The highest BCUT2D eigenvalue weighted by atomic mass is 32.2. The Kier molecular flexibility index (Phi) is 3.84. The number of rotatable bonds is 3. The van der Waals surface area contributed by atoms with Gasteiger partial charge in [-0.25, -0.2) is 12.8 Å². The molecule has 1 aromatic rings. The van der Waals surface area contributed by atoms with Gasteiger partial charge in [0.1, 0.15) is 5.82 Å². The number of amides is 1. The molecule has 1 aromatic carbocycles. The average molecular weight is 300 g/mol. The molecule has 1 unspecified atom stereocenters. The summed E-state index contributed by atoms with van der Waals surface area (Å²) in [6.07, 6.45) is 2.56. The molecule has 1 aliphatic rings. The fourth-order valence-electron chi connectivity index (χ4n) is 2.18. The zero-order valence-electron chi connectivity index (χ0n) is 11.4. The minimum Gasteiger partial charge on any atom is -0.322 e. The summed E-state index contributed by atoms with van der Waals surface area (Å²) in [6.45, 7) is 2.48. The van der Waals surface area contributed by atoms with Crippen LogP contribution in [-0.4, -0.2) is 32.7 Å². The Labute approximate surface area is 117 Å². The maximum absolute atomic E-state index is 13.7. The van der Waals surface area contributed by atoms with E-state index in [0.717, 1.165) is 31.4 Å². The number of hydrogen-bond acceptors (Lipinski definition) is 4. The van der Waals surface area contributed by atoms with Crippen LogP contribution in [0.2, 0.25) is 0 Å². The molecule has 2 N–H and O–H groups in total. The maximum Gasteiger partial charge on any atom is 0.244 e. The molecule has 5 nitrogen and oxygen atoms in total. The van der Waals surface area contributed by atoms with Crippen molar-refractivity contribution in [3.63, 3.8) is 0 Å². The monoisotopic (exact) mass is 300 g/mol. The van der Waals surface area contributed by atoms with Gasteiger partial charge in [0.05, 0.1) is 16.1 Å². The molecular formula is C13H17FN2O3S. The number of anilines is 1. The molecule has 1 fully saturated rings. The van der Waals surface area contributed by atoms with Crippen LogP contribution in [0, 0.1) is 5.82 Å². The van der Waals surface area contributed by atoms with Gasteiger partial charge in [0.15, 0.2) is 9.84 Å². The standard InChI is InChI=1S/C13H17FN2O3S/c1-13(6-3-7-15-13)12(17)16-11-8-9(20(2,18)19)4-5-10(11)14/h4-5,8,15H,3,6-7H2,1-2H3,(H,16,17). The lowest BCUT2D eigenvalue weighted by Crippen LogP contribution is -2.48. The van der Waals surface area contributed by atoms with Gasteiger partial charge < -0.3 is 10.6 Å². The largest absolute Gasteiger partial charge is 0.322 e. The van der Waals surface area contributed by atoms with E-state index in [-0.39, 0.29) is 16.5 Å². The van der Waals surface area contributed by atoms with Crippen molar-refractivity contribution in [1.82, 2.24) is 5.32 Å². The molecule has 0 saturated carbocycles. The molecule has 2 rings (SSSR count). The fourth-order valence-corrected chi connectivity index (χ4v) is 2.83. The summed E-state index contributed by atoms with van der Waals surface area (Å²) >= 11 is 0. The number of carbonyl (C=O) groups is 1. The topological polar surface area (TPSA) is 75.3 Å². The molecule has 1 atom stereocenters. The maximum atomic E-state index is 13.7. The Hall–Kier alpha value is -1.47. The van der Waals surface area contributed by atoms with E-state index in [4.69, 9.17) is 0 Å². The van der Waals surface area contributed by atoms with Crippen LogP contribution in [-0.2, 0) is 14.6 Å². The van der Waals surface area contributed by atoms with Crippen LogP contribution in [0.5, 0.6) is 0 Å². The van der Waals surface area contributed by atoms with Crippen LogP contribution in [0.3, 0.4) is 0 Å². The Bertz CT molecular complexity index is 637. The Morgan fingerprint density at radius 2 is 2.15 bits per heavy atom. The summed E-state index contributed by atoms with van der Waals surface area (Å²) in [4.78, 5) is 12.1. The van der Waals surface area contributed by atoms with Crippen LogP contribution in [0.15, 0.2) is 23.1 Å². The van der Waals surface area contributed by atoms with Crippen molar-refractivity contribution in [1.29, 1.82) is 0 Å². The Balaban J connectivity index is 2.27. The summed E-state index contributed by atoms with van der Waals surface area (Å²) in [5.74, 6) is -1.02. The van der Waals surface area contributed by atoms with Crippen LogP contribution in [0.25, 0.3) is 0 Å². The molecule has 0 aromatic heterocycles. The summed E-state index contributed by atoms with van der Waals surface area (Å²) in [6, 6.07) is 3.35. The highest BCUT2D eigenvalue weighted by Crippen LogP contribution is 2.24. The second-order valence-electron chi connectivity index (χ2n) is 5.23. The van der Waals surface area contributed by atoms with Crippen molar-refractivity contribution in [2.24, 2.45) is 0 Å². The third-order valence-electron chi connectivity index (χ3n) is 3.48. The molecule has 110 valence electrons. The predicted octanol–water partition coefficient (Wildman–Crippen LogP) is 1.31. The van der Waals surface area contributed by atoms with Crippen LogP contribution in [0.4, 0.5) is 10.1 Å². The highest BCUT2D eigenvalue weighted by molar-refractivity contribution is 7.90. The minimum atomic E-state index is -3.45. The van der Waals surface area contributed by atoms with Gasteiger partial charge in [-0.1, -0.05) is 0 Å². The first-order valence-electron chi connectivity index (χ1n) is 6.28. The van der Waals surface area contributed by atoms with Crippen LogP contribution >= 0.6 is 0 Å². The van der Waals surface area contributed by atoms with Crippen molar-refractivity contribution in [2.75, 3.05) is 18.1 Å². The molecule has 0 aliphatic carbocycles. The van der Waals surface area contributed by atoms with E-state index in [2.05, 4.69) is 10.6 Å². The fraction of sp³-hybridized carbons (Fsp3) is 0.462. The highest BCUT2D eigenvalue weighted by Gasteiger charge is 2.36. The van der Waals surface area contributed by atoms with E-state index in [1.54, 1.807) is 6.92 Å². The normalized spacial score (nSPS) is 22.8. The van der Waals surface area contributed by atoms with Crippen LogP contribution < -0.4 is 10.6 Å². The van der Waals surface area contributed by atoms with Gasteiger partial charge in [-0.05, 0) is 44.5 Å². The number of hydrogen-bond donors (Lipinski definition) is 2. The summed E-state index contributed by atoms with van der Waals surface area (Å²) in [7, 11) is -3.45. The van der Waals surface area contributed by atoms with Crippen molar-refractivity contribution >= 4 is 21.4 Å². The number of halogens is 1. The third-order valence-corrected chi connectivity index (χ3v) is 4.59. The van der Waals surface area contributed by atoms with Gasteiger partial charge in [0.2, 0.25) is 5.91 Å². The molecule has 1 heterocycles. The molecule has 0 spiro atoms. The number of sulfone groups is 1. The van der Waals surface area contributed by atoms with E-state index >= 15 is 0 Å². The van der Waals surface area contributed by atoms with E-state index in [1.807, 2.05) is 0 Å². The minimum absolute atomic E-state index is 0.0289. The molecule has 20 heavy (non-hydrogen) atoms. The first-order chi connectivity index (χ1) is 9.22. The van der Waals surface area contributed by atoms with E-state index < -0.39 is 21.2 Å². The average Bonchev–Trinajstić information content (AvgIpc) is 2.79. The van der Waals surface area contributed by atoms with Gasteiger partial charge in [-0.2, -0.15) is 0 Å². The number of carbonyl (C=O) groups excluding carboxylic acids is 1. The van der Waals surface area contributed by atoms with Crippen molar-refractivity contribution < 1.29 is 17.6 Å². The lowest BCUT2D eigenvalue weighted by Gasteiger charge is -2.23. The lowest BCUT2D eigenvalue weighted by atomic mass is 9.99.